The Morgan fingerprint density at radius 1 is 1.40 bits per heavy atom. The van der Waals surface area contributed by atoms with Crippen LogP contribution in [0.2, 0.25) is 0 Å². The molecule has 0 radical (unpaired) electrons. The molecular weight excluding hydrogens is 206 g/mol. The van der Waals surface area contributed by atoms with E-state index in [9.17, 15) is 4.79 Å². The van der Waals surface area contributed by atoms with Crippen molar-refractivity contribution in [2.45, 2.75) is 38.1 Å². The summed E-state index contributed by atoms with van der Waals surface area (Å²) in [5.41, 5.74) is 5.97. The normalized spacial score (nSPS) is 20.1. The van der Waals surface area contributed by atoms with Gasteiger partial charge in [0.1, 0.15) is 0 Å². The third kappa shape index (κ3) is 2.47. The summed E-state index contributed by atoms with van der Waals surface area (Å²) in [6, 6.07) is 3.53. The standard InChI is InChI=1S/C12H17NOS/c13-11(10-7-4-8-15-10)12(14)9-5-2-1-3-6-9/h4,7-9,11H,1-3,5-6,13H2. The molecule has 0 aromatic carbocycles. The number of Topliss-reactive ketones (excluding diaryl/α,β-unsaturated/α-hetero) is 1. The van der Waals surface area contributed by atoms with Crippen LogP contribution in [-0.2, 0) is 4.79 Å². The lowest BCUT2D eigenvalue weighted by molar-refractivity contribution is -0.125. The van der Waals surface area contributed by atoms with Gasteiger partial charge in [-0.3, -0.25) is 4.79 Å². The number of rotatable bonds is 3. The van der Waals surface area contributed by atoms with Crippen LogP contribution in [0.15, 0.2) is 17.5 Å². The highest BCUT2D eigenvalue weighted by Gasteiger charge is 2.27. The smallest absolute Gasteiger partial charge is 0.157 e. The number of carbonyl (C=O) groups is 1. The van der Waals surface area contributed by atoms with Crippen LogP contribution in [0, 0.1) is 5.92 Å². The molecule has 0 aliphatic heterocycles. The number of thiophene rings is 1. The number of hydrogen-bond donors (Lipinski definition) is 1. The predicted octanol–water partition coefficient (Wildman–Crippen LogP) is 2.90. The Balaban J connectivity index is 2.00. The molecule has 1 fully saturated rings. The van der Waals surface area contributed by atoms with Gasteiger partial charge in [-0.05, 0) is 24.3 Å². The van der Waals surface area contributed by atoms with Crippen LogP contribution in [-0.4, -0.2) is 5.78 Å². The highest BCUT2D eigenvalue weighted by molar-refractivity contribution is 7.10. The second-order valence-corrected chi connectivity index (χ2v) is 5.21. The van der Waals surface area contributed by atoms with Gasteiger partial charge < -0.3 is 5.73 Å². The van der Waals surface area contributed by atoms with Crippen LogP contribution < -0.4 is 5.73 Å². The van der Waals surface area contributed by atoms with Crippen molar-refractivity contribution in [1.82, 2.24) is 0 Å². The van der Waals surface area contributed by atoms with Crippen LogP contribution in [0.5, 0.6) is 0 Å². The Labute approximate surface area is 94.5 Å². The van der Waals surface area contributed by atoms with Crippen LogP contribution >= 0.6 is 11.3 Å². The minimum Gasteiger partial charge on any atom is -0.317 e. The monoisotopic (exact) mass is 223 g/mol. The van der Waals surface area contributed by atoms with E-state index in [0.29, 0.717) is 0 Å². The molecule has 1 aliphatic carbocycles. The lowest BCUT2D eigenvalue weighted by atomic mass is 9.84. The topological polar surface area (TPSA) is 43.1 Å². The molecule has 1 aliphatic rings. The van der Waals surface area contributed by atoms with Gasteiger partial charge in [0.05, 0.1) is 6.04 Å². The van der Waals surface area contributed by atoms with Crippen LogP contribution in [0.1, 0.15) is 43.0 Å². The van der Waals surface area contributed by atoms with Crippen molar-refractivity contribution in [3.05, 3.63) is 22.4 Å². The lowest BCUT2D eigenvalue weighted by Crippen LogP contribution is -2.28. The van der Waals surface area contributed by atoms with Crippen LogP contribution in [0.3, 0.4) is 0 Å². The van der Waals surface area contributed by atoms with Crippen molar-refractivity contribution in [2.24, 2.45) is 11.7 Å². The molecule has 1 unspecified atom stereocenters. The van der Waals surface area contributed by atoms with E-state index in [0.717, 1.165) is 17.7 Å². The molecule has 2 rings (SSSR count). The number of hydrogen-bond acceptors (Lipinski definition) is 3. The SMILES string of the molecule is NC(C(=O)C1CCCCC1)c1cccs1. The number of nitrogens with two attached hydrogens (primary N) is 1. The molecule has 1 saturated carbocycles. The minimum atomic E-state index is -0.381. The number of carbonyl (C=O) groups excluding carboxylic acids is 1. The van der Waals surface area contributed by atoms with Gasteiger partial charge in [-0.25, -0.2) is 0 Å². The first kappa shape index (κ1) is 10.8. The van der Waals surface area contributed by atoms with E-state index in [1.165, 1.54) is 19.3 Å². The third-order valence-corrected chi connectivity index (χ3v) is 4.12. The Hall–Kier alpha value is -0.670. The maximum Gasteiger partial charge on any atom is 0.157 e. The Morgan fingerprint density at radius 3 is 2.73 bits per heavy atom. The van der Waals surface area contributed by atoms with Crippen molar-refractivity contribution < 1.29 is 4.79 Å². The molecule has 1 aromatic heterocycles. The van der Waals surface area contributed by atoms with Crippen LogP contribution in [0.4, 0.5) is 0 Å². The molecule has 1 heterocycles. The molecule has 3 heteroatoms. The largest absolute Gasteiger partial charge is 0.317 e. The quantitative estimate of drug-likeness (QED) is 0.856. The van der Waals surface area contributed by atoms with E-state index < -0.39 is 0 Å². The fourth-order valence-corrected chi connectivity index (χ4v) is 2.98. The fraction of sp³-hybridized carbons (Fsp3) is 0.583. The fourth-order valence-electron chi connectivity index (χ4n) is 2.25. The van der Waals surface area contributed by atoms with Gasteiger partial charge in [-0.1, -0.05) is 25.3 Å². The van der Waals surface area contributed by atoms with Crippen molar-refractivity contribution in [2.75, 3.05) is 0 Å². The molecule has 1 aromatic rings. The average Bonchev–Trinajstić information content (AvgIpc) is 2.82. The second kappa shape index (κ2) is 4.90. The van der Waals surface area contributed by atoms with E-state index in [-0.39, 0.29) is 17.7 Å². The molecule has 2 nitrogen and oxygen atoms in total. The van der Waals surface area contributed by atoms with Gasteiger partial charge in [0, 0.05) is 10.8 Å². The zero-order chi connectivity index (χ0) is 10.7. The Morgan fingerprint density at radius 2 is 2.13 bits per heavy atom. The van der Waals surface area contributed by atoms with Crippen molar-refractivity contribution >= 4 is 17.1 Å². The predicted molar refractivity (Wildman–Crippen MR) is 62.8 cm³/mol. The first-order valence-corrected chi connectivity index (χ1v) is 6.49. The molecule has 0 spiro atoms. The highest BCUT2D eigenvalue weighted by Crippen LogP contribution is 2.29. The zero-order valence-electron chi connectivity index (χ0n) is 8.82. The van der Waals surface area contributed by atoms with Gasteiger partial charge >= 0.3 is 0 Å². The van der Waals surface area contributed by atoms with E-state index in [1.807, 2.05) is 17.5 Å². The van der Waals surface area contributed by atoms with Crippen molar-refractivity contribution in [1.29, 1.82) is 0 Å². The van der Waals surface area contributed by atoms with Crippen LogP contribution in [0.25, 0.3) is 0 Å². The summed E-state index contributed by atoms with van der Waals surface area (Å²) in [5, 5.41) is 1.98. The highest BCUT2D eigenvalue weighted by atomic mass is 32.1. The molecule has 82 valence electrons. The maximum atomic E-state index is 12.1. The summed E-state index contributed by atoms with van der Waals surface area (Å²) >= 11 is 1.58. The van der Waals surface area contributed by atoms with Crippen molar-refractivity contribution in [3.63, 3.8) is 0 Å². The average molecular weight is 223 g/mol. The maximum absolute atomic E-state index is 12.1. The van der Waals surface area contributed by atoms with Gasteiger partial charge in [-0.2, -0.15) is 0 Å². The first-order chi connectivity index (χ1) is 7.29. The summed E-state index contributed by atoms with van der Waals surface area (Å²) in [6.07, 6.45) is 5.73. The molecule has 1 atom stereocenters. The molecule has 0 saturated heterocycles. The molecular formula is C12H17NOS. The summed E-state index contributed by atoms with van der Waals surface area (Å²) in [4.78, 5) is 13.1. The minimum absolute atomic E-state index is 0.218. The summed E-state index contributed by atoms with van der Waals surface area (Å²) < 4.78 is 0. The summed E-state index contributed by atoms with van der Waals surface area (Å²) in [7, 11) is 0. The van der Waals surface area contributed by atoms with E-state index in [4.69, 9.17) is 5.73 Å². The Bertz CT molecular complexity index is 314. The summed E-state index contributed by atoms with van der Waals surface area (Å²) in [5.74, 6) is 0.466. The van der Waals surface area contributed by atoms with E-state index in [1.54, 1.807) is 11.3 Å². The summed E-state index contributed by atoms with van der Waals surface area (Å²) in [6.45, 7) is 0. The molecule has 2 N–H and O–H groups in total. The van der Waals surface area contributed by atoms with Gasteiger partial charge in [0.25, 0.3) is 0 Å². The molecule has 0 bridgehead atoms. The van der Waals surface area contributed by atoms with Gasteiger partial charge in [-0.15, -0.1) is 11.3 Å². The molecule has 0 amide bonds. The van der Waals surface area contributed by atoms with E-state index >= 15 is 0 Å². The third-order valence-electron chi connectivity index (χ3n) is 3.16. The van der Waals surface area contributed by atoms with Gasteiger partial charge in [0.2, 0.25) is 0 Å². The van der Waals surface area contributed by atoms with Crippen molar-refractivity contribution in [3.8, 4) is 0 Å². The lowest BCUT2D eigenvalue weighted by Gasteiger charge is -2.22. The van der Waals surface area contributed by atoms with Gasteiger partial charge in [0.15, 0.2) is 5.78 Å². The first-order valence-electron chi connectivity index (χ1n) is 5.62. The number of ketones is 1. The molecule has 15 heavy (non-hydrogen) atoms. The Kier molecular flexibility index (Phi) is 3.54. The second-order valence-electron chi connectivity index (χ2n) is 4.23. The van der Waals surface area contributed by atoms with E-state index in [2.05, 4.69) is 0 Å². The zero-order valence-corrected chi connectivity index (χ0v) is 9.63.